The molecule has 0 aromatic heterocycles. The molecule has 1 aliphatic heterocycles. The fourth-order valence-corrected chi connectivity index (χ4v) is 6.37. The Hall–Kier alpha value is -1.59. The number of hydrogen-bond donors (Lipinski definition) is 2. The van der Waals surface area contributed by atoms with Crippen molar-refractivity contribution in [3.8, 4) is 5.75 Å². The lowest BCUT2D eigenvalue weighted by molar-refractivity contribution is -0.137. The molecule has 2 bridgehead atoms. The first-order valence-electron chi connectivity index (χ1n) is 10.7. The van der Waals surface area contributed by atoms with E-state index in [0.29, 0.717) is 18.4 Å². The summed E-state index contributed by atoms with van der Waals surface area (Å²) in [5.74, 6) is 1.85. The standard InChI is InChI=1S/C23H33NO4/c1-4-27-17-7-5-15(6-8-17)20-18-13-16-14-23(18,10-12-28-20)21(22(16,2)3)24-19(26)9-11-25/h5-8,16,18,20-21,25H,4,9-14H2,1-3H3,(H,24,26)/t16-,18-,20-,21-,23?/m1/s1. The Morgan fingerprint density at radius 2 is 2.07 bits per heavy atom. The normalized spacial score (nSPS) is 35.4. The minimum Gasteiger partial charge on any atom is -0.494 e. The summed E-state index contributed by atoms with van der Waals surface area (Å²) in [7, 11) is 0. The quantitative estimate of drug-likeness (QED) is 0.784. The third kappa shape index (κ3) is 3.03. The Labute approximate surface area is 167 Å². The summed E-state index contributed by atoms with van der Waals surface area (Å²) in [6.07, 6.45) is 3.55. The first-order valence-corrected chi connectivity index (χ1v) is 10.7. The second kappa shape index (κ2) is 7.34. The highest BCUT2D eigenvalue weighted by Crippen LogP contribution is 2.70. The van der Waals surface area contributed by atoms with Gasteiger partial charge in [0.1, 0.15) is 5.75 Å². The first-order chi connectivity index (χ1) is 13.4. The molecule has 4 rings (SSSR count). The van der Waals surface area contributed by atoms with Crippen molar-refractivity contribution in [2.75, 3.05) is 19.8 Å². The zero-order valence-corrected chi connectivity index (χ0v) is 17.2. The molecule has 3 aliphatic rings. The Balaban J connectivity index is 1.61. The van der Waals surface area contributed by atoms with Gasteiger partial charge in [0.2, 0.25) is 5.91 Å². The molecule has 1 spiro atoms. The molecule has 2 N–H and O–H groups in total. The largest absolute Gasteiger partial charge is 0.494 e. The van der Waals surface area contributed by atoms with E-state index in [-0.39, 0.29) is 41.9 Å². The number of benzene rings is 1. The molecular formula is C23H33NO4. The number of carbonyl (C=O) groups is 1. The molecule has 5 nitrogen and oxygen atoms in total. The van der Waals surface area contributed by atoms with Crippen LogP contribution < -0.4 is 10.1 Å². The van der Waals surface area contributed by atoms with Crippen LogP contribution in [0.25, 0.3) is 0 Å². The predicted molar refractivity (Wildman–Crippen MR) is 107 cm³/mol. The number of nitrogens with one attached hydrogen (secondary N) is 1. The maximum absolute atomic E-state index is 12.4. The van der Waals surface area contributed by atoms with Gasteiger partial charge in [0.25, 0.3) is 0 Å². The van der Waals surface area contributed by atoms with Crippen LogP contribution in [0.3, 0.4) is 0 Å². The summed E-state index contributed by atoms with van der Waals surface area (Å²) in [4.78, 5) is 12.4. The molecule has 1 aromatic rings. The number of aliphatic hydroxyl groups is 1. The van der Waals surface area contributed by atoms with Gasteiger partial charge < -0.3 is 19.9 Å². The fraction of sp³-hybridized carbons (Fsp3) is 0.696. The van der Waals surface area contributed by atoms with Crippen LogP contribution in [-0.2, 0) is 9.53 Å². The van der Waals surface area contributed by atoms with Gasteiger partial charge in [0, 0.05) is 19.1 Å². The molecule has 1 saturated heterocycles. The lowest BCUT2D eigenvalue weighted by atomic mass is 9.59. The maximum atomic E-state index is 12.4. The molecule has 1 aromatic carbocycles. The zero-order valence-electron chi connectivity index (χ0n) is 17.2. The van der Waals surface area contributed by atoms with E-state index in [4.69, 9.17) is 14.6 Å². The van der Waals surface area contributed by atoms with Crippen molar-refractivity contribution in [1.29, 1.82) is 0 Å². The summed E-state index contributed by atoms with van der Waals surface area (Å²) in [5, 5.41) is 12.5. The van der Waals surface area contributed by atoms with Gasteiger partial charge in [0.15, 0.2) is 0 Å². The van der Waals surface area contributed by atoms with Gasteiger partial charge in [-0.25, -0.2) is 0 Å². The number of aliphatic hydroxyl groups excluding tert-OH is 1. The van der Waals surface area contributed by atoms with Gasteiger partial charge in [-0.2, -0.15) is 0 Å². The van der Waals surface area contributed by atoms with E-state index in [1.54, 1.807) is 0 Å². The number of amides is 1. The van der Waals surface area contributed by atoms with E-state index in [0.717, 1.165) is 31.6 Å². The molecule has 28 heavy (non-hydrogen) atoms. The SMILES string of the molecule is CCOc1ccc([C@H]2OCCC34C[C@@H](C[C@H]23)C(C)(C)[C@H]4NC(=O)CCO)cc1. The Morgan fingerprint density at radius 3 is 2.75 bits per heavy atom. The molecule has 154 valence electrons. The number of hydrogen-bond acceptors (Lipinski definition) is 4. The molecule has 5 heteroatoms. The number of ether oxygens (including phenoxy) is 2. The van der Waals surface area contributed by atoms with E-state index in [1.165, 1.54) is 5.56 Å². The molecule has 5 atom stereocenters. The third-order valence-corrected chi connectivity index (χ3v) is 7.67. The second-order valence-corrected chi connectivity index (χ2v) is 9.32. The van der Waals surface area contributed by atoms with Crippen molar-refractivity contribution in [2.45, 2.75) is 58.6 Å². The monoisotopic (exact) mass is 387 g/mol. The smallest absolute Gasteiger partial charge is 0.222 e. The topological polar surface area (TPSA) is 67.8 Å². The summed E-state index contributed by atoms with van der Waals surface area (Å²) in [6.45, 7) is 7.88. The summed E-state index contributed by atoms with van der Waals surface area (Å²) in [6, 6.07) is 8.45. The molecule has 3 fully saturated rings. The van der Waals surface area contributed by atoms with Crippen LogP contribution in [0, 0.1) is 22.7 Å². The Kier molecular flexibility index (Phi) is 5.17. The maximum Gasteiger partial charge on any atom is 0.222 e. The molecule has 1 heterocycles. The van der Waals surface area contributed by atoms with Crippen molar-refractivity contribution >= 4 is 5.91 Å². The van der Waals surface area contributed by atoms with E-state index in [2.05, 4.69) is 31.3 Å². The van der Waals surface area contributed by atoms with Crippen molar-refractivity contribution in [2.24, 2.45) is 22.7 Å². The third-order valence-electron chi connectivity index (χ3n) is 7.67. The van der Waals surface area contributed by atoms with E-state index in [1.807, 2.05) is 19.1 Å². The van der Waals surface area contributed by atoms with Gasteiger partial charge >= 0.3 is 0 Å². The van der Waals surface area contributed by atoms with E-state index >= 15 is 0 Å². The first kappa shape index (κ1) is 19.7. The molecule has 1 amide bonds. The van der Waals surface area contributed by atoms with Crippen molar-refractivity contribution in [3.63, 3.8) is 0 Å². The molecule has 2 aliphatic carbocycles. The highest BCUT2D eigenvalue weighted by Gasteiger charge is 2.68. The van der Waals surface area contributed by atoms with Crippen LogP contribution in [0.4, 0.5) is 0 Å². The molecule has 0 radical (unpaired) electrons. The zero-order chi connectivity index (χ0) is 19.9. The minimum atomic E-state index is -0.100. The molecule has 1 unspecified atom stereocenters. The van der Waals surface area contributed by atoms with Crippen LogP contribution in [0.15, 0.2) is 24.3 Å². The number of rotatable bonds is 6. The van der Waals surface area contributed by atoms with Crippen LogP contribution in [0.5, 0.6) is 5.75 Å². The second-order valence-electron chi connectivity index (χ2n) is 9.32. The van der Waals surface area contributed by atoms with Crippen molar-refractivity contribution in [1.82, 2.24) is 5.32 Å². The average Bonchev–Trinajstić information content (AvgIpc) is 3.16. The summed E-state index contributed by atoms with van der Waals surface area (Å²) < 4.78 is 11.9. The van der Waals surface area contributed by atoms with Gasteiger partial charge in [0.05, 0.1) is 19.3 Å². The van der Waals surface area contributed by atoms with Gasteiger partial charge in [-0.05, 0) is 66.5 Å². The highest BCUT2D eigenvalue weighted by molar-refractivity contribution is 5.76. The summed E-state index contributed by atoms with van der Waals surface area (Å²) >= 11 is 0. The fourth-order valence-electron chi connectivity index (χ4n) is 6.37. The number of carbonyl (C=O) groups excluding carboxylic acids is 1. The lowest BCUT2D eigenvalue weighted by Crippen LogP contribution is -2.59. The Morgan fingerprint density at radius 1 is 1.32 bits per heavy atom. The minimum absolute atomic E-state index is 0.0367. The van der Waals surface area contributed by atoms with Crippen LogP contribution in [0.1, 0.15) is 58.1 Å². The van der Waals surface area contributed by atoms with Gasteiger partial charge in [-0.3, -0.25) is 4.79 Å². The number of fused-ring (bicyclic) bond motifs is 1. The molecule has 2 saturated carbocycles. The van der Waals surface area contributed by atoms with Gasteiger partial charge in [-0.1, -0.05) is 26.0 Å². The highest BCUT2D eigenvalue weighted by atomic mass is 16.5. The van der Waals surface area contributed by atoms with Crippen LogP contribution in [0.2, 0.25) is 0 Å². The van der Waals surface area contributed by atoms with Crippen molar-refractivity contribution in [3.05, 3.63) is 29.8 Å². The van der Waals surface area contributed by atoms with Crippen LogP contribution >= 0.6 is 0 Å². The summed E-state index contributed by atoms with van der Waals surface area (Å²) in [5.41, 5.74) is 1.36. The van der Waals surface area contributed by atoms with E-state index in [9.17, 15) is 4.79 Å². The van der Waals surface area contributed by atoms with Crippen molar-refractivity contribution < 1.29 is 19.4 Å². The predicted octanol–water partition coefficient (Wildman–Crippen LogP) is 3.47. The van der Waals surface area contributed by atoms with Crippen LogP contribution in [-0.4, -0.2) is 36.9 Å². The van der Waals surface area contributed by atoms with Gasteiger partial charge in [-0.15, -0.1) is 0 Å². The molecular weight excluding hydrogens is 354 g/mol. The Bertz CT molecular complexity index is 716. The van der Waals surface area contributed by atoms with E-state index < -0.39 is 0 Å². The lowest BCUT2D eigenvalue weighted by Gasteiger charge is -2.53. The average molecular weight is 388 g/mol.